The highest BCUT2D eigenvalue weighted by molar-refractivity contribution is 6.76. The van der Waals surface area contributed by atoms with E-state index in [9.17, 15) is 23.5 Å². The van der Waals surface area contributed by atoms with E-state index in [0.717, 1.165) is 31.5 Å². The van der Waals surface area contributed by atoms with Crippen LogP contribution in [0.2, 0.25) is 25.7 Å². The lowest BCUT2D eigenvalue weighted by Gasteiger charge is -2.24. The van der Waals surface area contributed by atoms with Crippen molar-refractivity contribution in [1.82, 2.24) is 19.9 Å². The summed E-state index contributed by atoms with van der Waals surface area (Å²) in [5.41, 5.74) is 0.0886. The number of aromatic nitrogens is 3. The number of benzene rings is 1. The number of nitriles is 1. The van der Waals surface area contributed by atoms with Crippen molar-refractivity contribution >= 4 is 24.9 Å². The predicted octanol–water partition coefficient (Wildman–Crippen LogP) is 5.56. The first-order valence-electron chi connectivity index (χ1n) is 13.1. The second kappa shape index (κ2) is 11.6. The number of fused-ring (bicyclic) bond motifs is 1. The highest BCUT2D eigenvalue weighted by atomic mass is 28.3. The monoisotopic (exact) mass is 560 g/mol. The third-order valence-corrected chi connectivity index (χ3v) is 8.58. The summed E-state index contributed by atoms with van der Waals surface area (Å²) in [7, 11) is -1.32. The number of hydrogen-bond donors (Lipinski definition) is 3. The molecule has 1 saturated carbocycles. The van der Waals surface area contributed by atoms with Crippen LogP contribution in [0.25, 0.3) is 22.2 Å². The van der Waals surface area contributed by atoms with Gasteiger partial charge in [0.2, 0.25) is 5.95 Å². The molecule has 1 aliphatic rings. The van der Waals surface area contributed by atoms with Gasteiger partial charge in [0.25, 0.3) is 0 Å². The summed E-state index contributed by atoms with van der Waals surface area (Å²) in [4.78, 5) is 8.38. The van der Waals surface area contributed by atoms with Crippen molar-refractivity contribution in [1.29, 1.82) is 5.26 Å². The van der Waals surface area contributed by atoms with Gasteiger partial charge in [-0.2, -0.15) is 18.4 Å². The zero-order chi connectivity index (χ0) is 28.4. The molecule has 1 fully saturated rings. The summed E-state index contributed by atoms with van der Waals surface area (Å²) < 4.78 is 50.1. The Balaban J connectivity index is 1.74. The van der Waals surface area contributed by atoms with Crippen molar-refractivity contribution in [2.24, 2.45) is 0 Å². The summed E-state index contributed by atoms with van der Waals surface area (Å²) in [6.45, 7) is 9.04. The van der Waals surface area contributed by atoms with Crippen LogP contribution in [0.15, 0.2) is 30.6 Å². The minimum absolute atomic E-state index is 0.0565. The molecule has 0 radical (unpaired) electrons. The molecular weight excluding hydrogens is 525 g/mol. The highest BCUT2D eigenvalue weighted by Gasteiger charge is 2.37. The molecule has 0 aliphatic heterocycles. The van der Waals surface area contributed by atoms with Gasteiger partial charge in [-0.1, -0.05) is 25.7 Å². The topological polar surface area (TPSA) is 108 Å². The zero-order valence-corrected chi connectivity index (χ0v) is 23.6. The first-order chi connectivity index (χ1) is 18.4. The van der Waals surface area contributed by atoms with Gasteiger partial charge in [-0.05, 0) is 44.4 Å². The molecule has 2 heterocycles. The molecule has 0 bridgehead atoms. The molecule has 0 spiro atoms. The van der Waals surface area contributed by atoms with Gasteiger partial charge < -0.3 is 19.7 Å². The smallest absolute Gasteiger partial charge is 0.379 e. The fourth-order valence-corrected chi connectivity index (χ4v) is 5.63. The van der Waals surface area contributed by atoms with E-state index >= 15 is 0 Å². The van der Waals surface area contributed by atoms with Crippen molar-refractivity contribution in [3.63, 3.8) is 0 Å². The molecule has 3 atom stereocenters. The van der Waals surface area contributed by atoms with Crippen LogP contribution in [0.1, 0.15) is 37.3 Å². The van der Waals surface area contributed by atoms with Crippen molar-refractivity contribution in [3.05, 3.63) is 41.7 Å². The van der Waals surface area contributed by atoms with Crippen LogP contribution in [0.4, 0.5) is 19.1 Å². The number of aliphatic hydroxyl groups is 1. The molecule has 1 aliphatic carbocycles. The maximum Gasteiger partial charge on any atom is 0.419 e. The van der Waals surface area contributed by atoms with Gasteiger partial charge in [0.05, 0.1) is 22.8 Å². The van der Waals surface area contributed by atoms with Crippen LogP contribution in [-0.2, 0) is 17.6 Å². The summed E-state index contributed by atoms with van der Waals surface area (Å²) in [5, 5.41) is 26.0. The average molecular weight is 561 g/mol. The Morgan fingerprint density at radius 3 is 2.67 bits per heavy atom. The first kappa shape index (κ1) is 29.0. The van der Waals surface area contributed by atoms with Gasteiger partial charge in [0.1, 0.15) is 18.5 Å². The third-order valence-electron chi connectivity index (χ3n) is 6.87. The molecule has 12 heteroatoms. The molecule has 0 saturated heterocycles. The molecule has 210 valence electrons. The van der Waals surface area contributed by atoms with Gasteiger partial charge in [-0.25, -0.2) is 9.97 Å². The van der Waals surface area contributed by atoms with E-state index in [4.69, 9.17) is 4.74 Å². The summed E-state index contributed by atoms with van der Waals surface area (Å²) in [6, 6.07) is 7.74. The van der Waals surface area contributed by atoms with Crippen molar-refractivity contribution in [3.8, 4) is 17.3 Å². The average Bonchev–Trinajstić information content (AvgIpc) is 3.43. The maximum absolute atomic E-state index is 14.2. The Hall–Kier alpha value is -2.98. The number of anilines is 1. The van der Waals surface area contributed by atoms with E-state index in [1.165, 1.54) is 0 Å². The lowest BCUT2D eigenvalue weighted by atomic mass is 10.0. The molecule has 3 N–H and O–H groups in total. The second-order valence-electron chi connectivity index (χ2n) is 11.3. The van der Waals surface area contributed by atoms with Crippen molar-refractivity contribution in [2.75, 3.05) is 11.9 Å². The number of aliphatic hydroxyl groups excluding tert-OH is 1. The standard InChI is InChI=1S/C27H35F3N6O2Si/c1-17(37)33-22-6-5-7-23(22)34-26-32-14-21(27(28,29)30)25(35-26)20-15-36(16-38-10-11-39(2,3)4)24-12-18(13-31)8-9-19(20)24/h8-9,12,14-15,17,22-23,33,37H,5-7,10-11,16H2,1-4H3,(H,32,34,35)/t17?,22-,23-/m0/s1. The molecule has 2 aromatic heterocycles. The molecule has 8 nitrogen and oxygen atoms in total. The van der Waals surface area contributed by atoms with E-state index in [-0.39, 0.29) is 36.0 Å². The fraction of sp³-hybridized carbons (Fsp3) is 0.519. The Labute approximate surface area is 227 Å². The lowest BCUT2D eigenvalue weighted by Crippen LogP contribution is -2.44. The van der Waals surface area contributed by atoms with Crippen LogP contribution < -0.4 is 10.6 Å². The van der Waals surface area contributed by atoms with Gasteiger partial charge in [0, 0.05) is 50.1 Å². The number of nitrogens with one attached hydrogen (secondary N) is 2. The third kappa shape index (κ3) is 7.16. The maximum atomic E-state index is 14.2. The van der Waals surface area contributed by atoms with E-state index in [1.54, 1.807) is 35.9 Å². The molecule has 1 aromatic carbocycles. The predicted molar refractivity (Wildman–Crippen MR) is 147 cm³/mol. The van der Waals surface area contributed by atoms with Crippen molar-refractivity contribution < 1.29 is 23.0 Å². The Morgan fingerprint density at radius 1 is 1.26 bits per heavy atom. The Morgan fingerprint density at radius 2 is 2.00 bits per heavy atom. The molecule has 0 amide bonds. The van der Waals surface area contributed by atoms with Crippen molar-refractivity contribution in [2.45, 2.75) is 83.1 Å². The molecule has 1 unspecified atom stereocenters. The van der Waals surface area contributed by atoms with Gasteiger partial charge in [-0.15, -0.1) is 0 Å². The number of hydrogen-bond acceptors (Lipinski definition) is 7. The van der Waals surface area contributed by atoms with Gasteiger partial charge in [0.15, 0.2) is 0 Å². The summed E-state index contributed by atoms with van der Waals surface area (Å²) >= 11 is 0. The molecule has 4 rings (SSSR count). The van der Waals surface area contributed by atoms with E-state index in [0.29, 0.717) is 23.1 Å². The number of nitrogens with zero attached hydrogens (tertiary/aromatic N) is 4. The Bertz CT molecular complexity index is 1350. The van der Waals surface area contributed by atoms with Crippen LogP contribution in [-0.4, -0.2) is 52.6 Å². The van der Waals surface area contributed by atoms with Gasteiger partial charge >= 0.3 is 6.18 Å². The molecule has 3 aromatic rings. The quantitative estimate of drug-likeness (QED) is 0.169. The van der Waals surface area contributed by atoms with E-state index < -0.39 is 26.0 Å². The number of halogens is 3. The Kier molecular flexibility index (Phi) is 8.65. The fourth-order valence-electron chi connectivity index (χ4n) is 4.87. The highest BCUT2D eigenvalue weighted by Crippen LogP contribution is 2.40. The number of ether oxygens (including phenoxy) is 1. The van der Waals surface area contributed by atoms with E-state index in [1.807, 2.05) is 0 Å². The molecular formula is C27H35F3N6O2Si. The second-order valence-corrected chi connectivity index (χ2v) is 16.9. The molecule has 39 heavy (non-hydrogen) atoms. The first-order valence-corrected chi connectivity index (χ1v) is 16.8. The van der Waals surface area contributed by atoms with Crippen LogP contribution >= 0.6 is 0 Å². The summed E-state index contributed by atoms with van der Waals surface area (Å²) in [5.74, 6) is 0.0863. The number of rotatable bonds is 10. The minimum atomic E-state index is -4.67. The minimum Gasteiger partial charge on any atom is -0.379 e. The summed E-state index contributed by atoms with van der Waals surface area (Å²) in [6.07, 6.45) is -0.464. The largest absolute Gasteiger partial charge is 0.419 e. The zero-order valence-electron chi connectivity index (χ0n) is 22.6. The van der Waals surface area contributed by atoms with Crippen LogP contribution in [0.5, 0.6) is 0 Å². The van der Waals surface area contributed by atoms with Gasteiger partial charge in [-0.3, -0.25) is 5.32 Å². The van der Waals surface area contributed by atoms with Crippen LogP contribution in [0, 0.1) is 11.3 Å². The normalized spacial score (nSPS) is 18.8. The lowest BCUT2D eigenvalue weighted by molar-refractivity contribution is -0.137. The number of alkyl halides is 3. The SMILES string of the molecule is CC(O)N[C@H]1CCC[C@@H]1Nc1ncc(C(F)(F)F)c(-c2cn(COCC[Si](C)(C)C)c3cc(C#N)ccc23)n1. The van der Waals surface area contributed by atoms with E-state index in [2.05, 4.69) is 46.3 Å². The van der Waals surface area contributed by atoms with Crippen LogP contribution in [0.3, 0.4) is 0 Å².